The van der Waals surface area contributed by atoms with Crippen LogP contribution >= 0.6 is 27.5 Å². The molecule has 1 aliphatic rings. The van der Waals surface area contributed by atoms with E-state index in [0.29, 0.717) is 20.9 Å². The molecule has 11 heteroatoms. The van der Waals surface area contributed by atoms with Gasteiger partial charge in [0, 0.05) is 16.6 Å². The van der Waals surface area contributed by atoms with E-state index in [1.54, 1.807) is 42.5 Å². The zero-order valence-electron chi connectivity index (χ0n) is 16.9. The van der Waals surface area contributed by atoms with Crippen molar-refractivity contribution in [1.29, 1.82) is 0 Å². The van der Waals surface area contributed by atoms with Crippen LogP contribution < -0.4 is 15.5 Å². The van der Waals surface area contributed by atoms with Crippen molar-refractivity contribution in [3.63, 3.8) is 0 Å². The molecule has 0 bridgehead atoms. The minimum atomic E-state index is -0.810. The molecule has 1 saturated heterocycles. The van der Waals surface area contributed by atoms with Crippen LogP contribution in [0.5, 0.6) is 5.75 Å². The molecule has 2 aromatic rings. The van der Waals surface area contributed by atoms with Crippen molar-refractivity contribution in [3.8, 4) is 5.75 Å². The molecule has 0 unspecified atom stereocenters. The number of hydrogen-bond acceptors (Lipinski definition) is 6. The van der Waals surface area contributed by atoms with Crippen LogP contribution in [0.2, 0.25) is 5.02 Å². The second-order valence-electron chi connectivity index (χ2n) is 6.83. The fraction of sp³-hybridized carbons (Fsp3) is 0.238. The van der Waals surface area contributed by atoms with Gasteiger partial charge in [-0.25, -0.2) is 0 Å². The lowest BCUT2D eigenvalue weighted by Gasteiger charge is -2.18. The summed E-state index contributed by atoms with van der Waals surface area (Å²) in [7, 11) is 1.43. The number of hydrazine groups is 1. The zero-order chi connectivity index (χ0) is 23.3. The van der Waals surface area contributed by atoms with Gasteiger partial charge in [0.25, 0.3) is 11.8 Å². The third kappa shape index (κ3) is 5.77. The number of carbonyl (C=O) groups is 4. The lowest BCUT2D eigenvalue weighted by Crippen LogP contribution is -2.43. The predicted molar refractivity (Wildman–Crippen MR) is 119 cm³/mol. The number of hydrogen-bond donors (Lipinski definition) is 2. The number of para-hydroxylation sites is 1. The Kier molecular flexibility index (Phi) is 7.70. The van der Waals surface area contributed by atoms with E-state index in [4.69, 9.17) is 21.1 Å². The zero-order valence-corrected chi connectivity index (χ0v) is 19.2. The summed E-state index contributed by atoms with van der Waals surface area (Å²) in [5.74, 6) is -2.71. The Labute approximate surface area is 197 Å². The van der Waals surface area contributed by atoms with Crippen molar-refractivity contribution < 1.29 is 28.7 Å². The standard InChI is InChI=1S/C21H19BrClN3O6/c1-31-17-5-3-2-4-14(17)20(29)25-26-10-12(8-19(26)28)21(30)32-11-18(27)24-13-6-7-15(22)16(23)9-13/h2-7,9,12H,8,10-11H2,1H3,(H,24,27)(H,25,29)/t12-/m0/s1. The molecule has 0 radical (unpaired) electrons. The van der Waals surface area contributed by atoms with Crippen LogP contribution in [-0.2, 0) is 19.1 Å². The minimum Gasteiger partial charge on any atom is -0.496 e. The third-order valence-corrected chi connectivity index (χ3v) is 5.83. The molecular weight excluding hydrogens is 506 g/mol. The Bertz CT molecular complexity index is 1060. The second-order valence-corrected chi connectivity index (χ2v) is 8.09. The molecule has 3 amide bonds. The molecular formula is C21H19BrClN3O6. The van der Waals surface area contributed by atoms with Crippen molar-refractivity contribution in [3.05, 3.63) is 57.5 Å². The van der Waals surface area contributed by atoms with Crippen LogP contribution in [0.25, 0.3) is 0 Å². The number of rotatable bonds is 7. The number of methoxy groups -OCH3 is 1. The van der Waals surface area contributed by atoms with Crippen molar-refractivity contribution in [2.24, 2.45) is 5.92 Å². The van der Waals surface area contributed by atoms with Crippen LogP contribution in [-0.4, -0.2) is 49.0 Å². The van der Waals surface area contributed by atoms with Crippen LogP contribution in [0.15, 0.2) is 46.9 Å². The van der Waals surface area contributed by atoms with Gasteiger partial charge in [-0.3, -0.25) is 29.6 Å². The first-order valence-electron chi connectivity index (χ1n) is 9.44. The van der Waals surface area contributed by atoms with Gasteiger partial charge in [-0.1, -0.05) is 23.7 Å². The van der Waals surface area contributed by atoms with Crippen molar-refractivity contribution >= 4 is 56.9 Å². The summed E-state index contributed by atoms with van der Waals surface area (Å²) in [6, 6.07) is 11.4. The number of nitrogens with zero attached hydrogens (tertiary/aromatic N) is 1. The van der Waals surface area contributed by atoms with Crippen LogP contribution in [0, 0.1) is 5.92 Å². The Morgan fingerprint density at radius 1 is 1.22 bits per heavy atom. The molecule has 1 aliphatic heterocycles. The molecule has 0 aromatic heterocycles. The van der Waals surface area contributed by atoms with Crippen LogP contribution in [0.3, 0.4) is 0 Å². The molecule has 0 spiro atoms. The summed E-state index contributed by atoms with van der Waals surface area (Å²) in [5.41, 5.74) is 3.17. The molecule has 2 N–H and O–H groups in total. The predicted octanol–water partition coefficient (Wildman–Crippen LogP) is 2.79. The Hall–Kier alpha value is -3.11. The fourth-order valence-corrected chi connectivity index (χ4v) is 3.44. The number of esters is 1. The first kappa shape index (κ1) is 23.6. The third-order valence-electron chi connectivity index (χ3n) is 4.60. The number of ether oxygens (including phenoxy) is 2. The molecule has 1 heterocycles. The monoisotopic (exact) mass is 523 g/mol. The first-order valence-corrected chi connectivity index (χ1v) is 10.6. The molecule has 3 rings (SSSR count). The summed E-state index contributed by atoms with van der Waals surface area (Å²) >= 11 is 9.22. The van der Waals surface area contributed by atoms with E-state index in [0.717, 1.165) is 5.01 Å². The number of benzene rings is 2. The SMILES string of the molecule is COc1ccccc1C(=O)NN1C[C@@H](C(=O)OCC(=O)Nc2ccc(Br)c(Cl)c2)CC1=O. The van der Waals surface area contributed by atoms with Gasteiger partial charge >= 0.3 is 5.97 Å². The van der Waals surface area contributed by atoms with Gasteiger partial charge in [0.15, 0.2) is 6.61 Å². The summed E-state index contributed by atoms with van der Waals surface area (Å²) in [5, 5.41) is 4.04. The van der Waals surface area contributed by atoms with Gasteiger partial charge in [-0.05, 0) is 46.3 Å². The number of halogens is 2. The Balaban J connectivity index is 1.50. The van der Waals surface area contributed by atoms with Gasteiger partial charge in [0.05, 0.1) is 30.2 Å². The van der Waals surface area contributed by atoms with E-state index < -0.39 is 36.2 Å². The van der Waals surface area contributed by atoms with Crippen molar-refractivity contribution in [2.75, 3.05) is 25.6 Å². The number of nitrogens with one attached hydrogen (secondary N) is 2. The van der Waals surface area contributed by atoms with E-state index >= 15 is 0 Å². The minimum absolute atomic E-state index is 0.0670. The Morgan fingerprint density at radius 3 is 2.69 bits per heavy atom. The largest absolute Gasteiger partial charge is 0.496 e. The molecule has 1 atom stereocenters. The average Bonchev–Trinajstić information content (AvgIpc) is 3.14. The van der Waals surface area contributed by atoms with E-state index in [1.807, 2.05) is 0 Å². The Morgan fingerprint density at radius 2 is 1.97 bits per heavy atom. The van der Waals surface area contributed by atoms with Crippen LogP contribution in [0.4, 0.5) is 5.69 Å². The summed E-state index contributed by atoms with van der Waals surface area (Å²) < 4.78 is 10.8. The van der Waals surface area contributed by atoms with E-state index in [9.17, 15) is 19.2 Å². The van der Waals surface area contributed by atoms with Gasteiger partial charge in [0.1, 0.15) is 5.75 Å². The summed E-state index contributed by atoms with van der Waals surface area (Å²) in [6.07, 6.45) is -0.144. The molecule has 2 aromatic carbocycles. The molecule has 9 nitrogen and oxygen atoms in total. The highest BCUT2D eigenvalue weighted by atomic mass is 79.9. The molecule has 32 heavy (non-hydrogen) atoms. The van der Waals surface area contributed by atoms with E-state index in [-0.39, 0.29) is 18.5 Å². The van der Waals surface area contributed by atoms with Crippen molar-refractivity contribution in [1.82, 2.24) is 10.4 Å². The maximum Gasteiger partial charge on any atom is 0.311 e. The topological polar surface area (TPSA) is 114 Å². The van der Waals surface area contributed by atoms with Gasteiger partial charge in [-0.2, -0.15) is 0 Å². The van der Waals surface area contributed by atoms with Crippen molar-refractivity contribution in [2.45, 2.75) is 6.42 Å². The average molecular weight is 525 g/mol. The smallest absolute Gasteiger partial charge is 0.311 e. The quantitative estimate of drug-likeness (QED) is 0.539. The number of anilines is 1. The number of carbonyl (C=O) groups excluding carboxylic acids is 4. The lowest BCUT2D eigenvalue weighted by atomic mass is 10.1. The summed E-state index contributed by atoms with van der Waals surface area (Å²) in [4.78, 5) is 49.0. The summed E-state index contributed by atoms with van der Waals surface area (Å²) in [6.45, 7) is -0.590. The van der Waals surface area contributed by atoms with Gasteiger partial charge in [-0.15, -0.1) is 0 Å². The normalized spacial score (nSPS) is 15.3. The highest BCUT2D eigenvalue weighted by molar-refractivity contribution is 9.10. The van der Waals surface area contributed by atoms with E-state index in [2.05, 4.69) is 26.7 Å². The second kappa shape index (κ2) is 10.5. The maximum atomic E-state index is 12.5. The number of amides is 3. The molecule has 168 valence electrons. The molecule has 0 saturated carbocycles. The highest BCUT2D eigenvalue weighted by Crippen LogP contribution is 2.25. The van der Waals surface area contributed by atoms with E-state index in [1.165, 1.54) is 7.11 Å². The van der Waals surface area contributed by atoms with Gasteiger partial charge < -0.3 is 14.8 Å². The van der Waals surface area contributed by atoms with Crippen LogP contribution in [0.1, 0.15) is 16.8 Å². The van der Waals surface area contributed by atoms with Gasteiger partial charge in [0.2, 0.25) is 5.91 Å². The fourth-order valence-electron chi connectivity index (χ4n) is 3.01. The first-order chi connectivity index (χ1) is 15.3. The lowest BCUT2D eigenvalue weighted by molar-refractivity contribution is -0.151. The molecule has 1 fully saturated rings. The molecule has 0 aliphatic carbocycles. The maximum absolute atomic E-state index is 12.5. The highest BCUT2D eigenvalue weighted by Gasteiger charge is 2.37.